The molecule has 35 heavy (non-hydrogen) atoms. The van der Waals surface area contributed by atoms with Crippen LogP contribution in [0.1, 0.15) is 11.1 Å². The first kappa shape index (κ1) is 24.5. The second-order valence-electron chi connectivity index (χ2n) is 7.40. The summed E-state index contributed by atoms with van der Waals surface area (Å²) < 4.78 is 12.1. The molecule has 3 aromatic rings. The first-order valence-electron chi connectivity index (χ1n) is 10.5. The van der Waals surface area contributed by atoms with Crippen LogP contribution < -0.4 is 9.47 Å². The fourth-order valence-corrected chi connectivity index (χ4v) is 4.59. The van der Waals surface area contributed by atoms with Crippen LogP contribution in [-0.2, 0) is 11.4 Å². The van der Waals surface area contributed by atoms with E-state index in [4.69, 9.17) is 9.47 Å². The van der Waals surface area contributed by atoms with E-state index in [9.17, 15) is 19.7 Å². The molecule has 2 amide bonds. The molecule has 4 rings (SSSR count). The maximum Gasteiger partial charge on any atom is 0.293 e. The minimum Gasteiger partial charge on any atom is -0.492 e. The average Bonchev–Trinajstić information content (AvgIpc) is 3.11. The Morgan fingerprint density at radius 3 is 2.43 bits per heavy atom. The molecule has 0 bridgehead atoms. The van der Waals surface area contributed by atoms with E-state index in [1.54, 1.807) is 36.4 Å². The Kier molecular flexibility index (Phi) is 7.84. The average molecular weight is 555 g/mol. The second-order valence-corrected chi connectivity index (χ2v) is 9.24. The lowest BCUT2D eigenvalue weighted by Gasteiger charge is -2.13. The lowest BCUT2D eigenvalue weighted by atomic mass is 10.2. The number of non-ortho nitro benzene ring substituents is 1. The summed E-state index contributed by atoms with van der Waals surface area (Å²) in [4.78, 5) is 36.9. The molecule has 8 nitrogen and oxygen atoms in total. The minimum atomic E-state index is -0.451. The number of thioether (sulfide) groups is 1. The van der Waals surface area contributed by atoms with Crippen LogP contribution in [0, 0.1) is 10.1 Å². The van der Waals surface area contributed by atoms with Crippen LogP contribution in [0.15, 0.2) is 82.2 Å². The van der Waals surface area contributed by atoms with E-state index < -0.39 is 4.92 Å². The summed E-state index contributed by atoms with van der Waals surface area (Å²) >= 11 is 4.36. The monoisotopic (exact) mass is 554 g/mol. The van der Waals surface area contributed by atoms with Gasteiger partial charge in [-0.05, 0) is 81.3 Å². The molecule has 10 heteroatoms. The smallest absolute Gasteiger partial charge is 0.293 e. The number of nitrogens with zero attached hydrogens (tertiary/aromatic N) is 2. The number of hydrogen-bond acceptors (Lipinski definition) is 7. The van der Waals surface area contributed by atoms with Gasteiger partial charge in [0.25, 0.3) is 16.8 Å². The molecule has 1 saturated heterocycles. The molecule has 0 atom stereocenters. The van der Waals surface area contributed by atoms with Gasteiger partial charge in [-0.2, -0.15) is 0 Å². The molecule has 0 N–H and O–H groups in total. The van der Waals surface area contributed by atoms with E-state index in [0.717, 1.165) is 22.9 Å². The Morgan fingerprint density at radius 2 is 1.74 bits per heavy atom. The Labute approximate surface area is 213 Å². The van der Waals surface area contributed by atoms with E-state index in [1.807, 2.05) is 30.3 Å². The quantitative estimate of drug-likeness (QED) is 0.180. The number of amides is 2. The zero-order chi connectivity index (χ0) is 24.8. The minimum absolute atomic E-state index is 0.0208. The van der Waals surface area contributed by atoms with Gasteiger partial charge in [0.1, 0.15) is 24.7 Å². The first-order valence-corrected chi connectivity index (χ1v) is 12.1. The molecule has 1 heterocycles. The third kappa shape index (κ3) is 6.28. The van der Waals surface area contributed by atoms with Crippen LogP contribution in [-0.4, -0.2) is 34.1 Å². The highest BCUT2D eigenvalue weighted by Gasteiger charge is 2.34. The zero-order valence-corrected chi connectivity index (χ0v) is 20.7. The van der Waals surface area contributed by atoms with Crippen LogP contribution in [0.5, 0.6) is 11.5 Å². The van der Waals surface area contributed by atoms with Gasteiger partial charge in [-0.1, -0.05) is 24.3 Å². The molecular weight excluding hydrogens is 536 g/mol. The molecule has 0 saturated carbocycles. The Morgan fingerprint density at radius 1 is 1.00 bits per heavy atom. The fourth-order valence-electron chi connectivity index (χ4n) is 3.21. The van der Waals surface area contributed by atoms with Gasteiger partial charge in [0.15, 0.2) is 0 Å². The lowest BCUT2D eigenvalue weighted by molar-refractivity contribution is -0.384. The van der Waals surface area contributed by atoms with E-state index in [2.05, 4.69) is 15.9 Å². The summed E-state index contributed by atoms with van der Waals surface area (Å²) in [7, 11) is 0. The van der Waals surface area contributed by atoms with Crippen molar-refractivity contribution >= 4 is 50.6 Å². The zero-order valence-electron chi connectivity index (χ0n) is 18.3. The highest BCUT2D eigenvalue weighted by molar-refractivity contribution is 9.10. The standard InChI is InChI=1S/C25H19BrN2O6S/c26-21-14-18(8-11-22(21)34-16-17-6-9-19(10-7-17)28(31)32)15-23-24(29)27(25(30)35-23)12-13-33-20-4-2-1-3-5-20/h1-11,14-15H,12-13,16H2/b23-15-. The number of nitro groups is 1. The van der Waals surface area contributed by atoms with Crippen LogP contribution in [0.2, 0.25) is 0 Å². The predicted molar refractivity (Wildman–Crippen MR) is 136 cm³/mol. The van der Waals surface area contributed by atoms with E-state index in [1.165, 1.54) is 17.0 Å². The van der Waals surface area contributed by atoms with Gasteiger partial charge in [-0.15, -0.1) is 0 Å². The largest absolute Gasteiger partial charge is 0.492 e. The summed E-state index contributed by atoms with van der Waals surface area (Å²) in [5.41, 5.74) is 1.54. The van der Waals surface area contributed by atoms with Gasteiger partial charge in [0.2, 0.25) is 0 Å². The third-order valence-corrected chi connectivity index (χ3v) is 6.52. The van der Waals surface area contributed by atoms with Crippen molar-refractivity contribution in [1.29, 1.82) is 0 Å². The maximum absolute atomic E-state index is 12.7. The molecule has 0 radical (unpaired) electrons. The fraction of sp³-hybridized carbons (Fsp3) is 0.120. The van der Waals surface area contributed by atoms with Gasteiger partial charge in [0, 0.05) is 12.1 Å². The summed E-state index contributed by atoms with van der Waals surface area (Å²) in [6.45, 7) is 0.609. The van der Waals surface area contributed by atoms with Gasteiger partial charge in [0.05, 0.1) is 20.8 Å². The number of benzene rings is 3. The van der Waals surface area contributed by atoms with Gasteiger partial charge in [-0.3, -0.25) is 24.6 Å². The molecule has 3 aromatic carbocycles. The molecule has 0 aliphatic carbocycles. The first-order chi connectivity index (χ1) is 16.9. The van der Waals surface area contributed by atoms with Crippen LogP contribution in [0.3, 0.4) is 0 Å². The van der Waals surface area contributed by atoms with Gasteiger partial charge >= 0.3 is 0 Å². The summed E-state index contributed by atoms with van der Waals surface area (Å²) in [5, 5.41) is 10.4. The summed E-state index contributed by atoms with van der Waals surface area (Å²) in [5.74, 6) is 0.897. The van der Waals surface area contributed by atoms with Crippen LogP contribution in [0.4, 0.5) is 10.5 Å². The maximum atomic E-state index is 12.7. The topological polar surface area (TPSA) is 99.0 Å². The molecule has 0 unspecified atom stereocenters. The van der Waals surface area contributed by atoms with Crippen molar-refractivity contribution in [2.45, 2.75) is 6.61 Å². The number of nitro benzene ring substituents is 1. The number of halogens is 1. The summed E-state index contributed by atoms with van der Waals surface area (Å²) in [6.07, 6.45) is 1.66. The molecule has 178 valence electrons. The lowest BCUT2D eigenvalue weighted by Crippen LogP contribution is -2.32. The van der Waals surface area contributed by atoms with Crippen molar-refractivity contribution < 1.29 is 24.0 Å². The molecule has 1 fully saturated rings. The van der Waals surface area contributed by atoms with Crippen molar-refractivity contribution in [3.05, 3.63) is 103 Å². The number of ether oxygens (including phenoxy) is 2. The van der Waals surface area contributed by atoms with Gasteiger partial charge < -0.3 is 9.47 Å². The number of rotatable bonds is 9. The van der Waals surface area contributed by atoms with Crippen molar-refractivity contribution in [1.82, 2.24) is 4.90 Å². The number of hydrogen-bond donors (Lipinski definition) is 0. The third-order valence-electron chi connectivity index (χ3n) is 5.00. The molecule has 1 aliphatic heterocycles. The van der Waals surface area contributed by atoms with E-state index >= 15 is 0 Å². The second kappa shape index (κ2) is 11.2. The highest BCUT2D eigenvalue weighted by Crippen LogP contribution is 2.34. The van der Waals surface area contributed by atoms with E-state index in [-0.39, 0.29) is 36.6 Å². The van der Waals surface area contributed by atoms with Crippen molar-refractivity contribution in [3.63, 3.8) is 0 Å². The molecular formula is C25H19BrN2O6S. The number of imide groups is 1. The number of carbonyl (C=O) groups is 2. The highest BCUT2D eigenvalue weighted by atomic mass is 79.9. The SMILES string of the molecule is O=C1S/C(=C\c2ccc(OCc3ccc([N+](=O)[O-])cc3)c(Br)c2)C(=O)N1CCOc1ccccc1. The van der Waals surface area contributed by atoms with Crippen molar-refractivity contribution in [3.8, 4) is 11.5 Å². The predicted octanol–water partition coefficient (Wildman–Crippen LogP) is 6.05. The molecule has 0 aromatic heterocycles. The summed E-state index contributed by atoms with van der Waals surface area (Å²) in [6, 6.07) is 20.7. The Hall–Kier alpha value is -3.63. The Balaban J connectivity index is 1.35. The van der Waals surface area contributed by atoms with Crippen molar-refractivity contribution in [2.24, 2.45) is 0 Å². The normalized spacial score (nSPS) is 14.4. The number of para-hydroxylation sites is 1. The number of carbonyl (C=O) groups excluding carboxylic acids is 2. The van der Waals surface area contributed by atoms with Gasteiger partial charge in [-0.25, -0.2) is 0 Å². The van der Waals surface area contributed by atoms with Crippen LogP contribution >= 0.6 is 27.7 Å². The van der Waals surface area contributed by atoms with Crippen LogP contribution in [0.25, 0.3) is 6.08 Å². The molecule has 0 spiro atoms. The van der Waals surface area contributed by atoms with E-state index in [0.29, 0.717) is 20.9 Å². The Bertz CT molecular complexity index is 1280. The van der Waals surface area contributed by atoms with Crippen molar-refractivity contribution in [2.75, 3.05) is 13.2 Å². The molecule has 1 aliphatic rings.